The Morgan fingerprint density at radius 3 is 3.06 bits per heavy atom. The van der Waals surface area contributed by atoms with Crippen molar-refractivity contribution < 1.29 is 4.79 Å². The van der Waals surface area contributed by atoms with Crippen molar-refractivity contribution in [1.29, 1.82) is 0 Å². The largest absolute Gasteiger partial charge is 0.316 e. The fraction of sp³-hybridized carbons (Fsp3) is 0.615. The van der Waals surface area contributed by atoms with Crippen LogP contribution in [0.2, 0.25) is 0 Å². The van der Waals surface area contributed by atoms with Crippen molar-refractivity contribution in [3.8, 4) is 0 Å². The lowest BCUT2D eigenvalue weighted by molar-refractivity contribution is 0.0723. The molecule has 1 saturated heterocycles. The first-order valence-corrected chi connectivity index (χ1v) is 6.95. The van der Waals surface area contributed by atoms with Crippen molar-refractivity contribution in [2.75, 3.05) is 13.1 Å². The summed E-state index contributed by atoms with van der Waals surface area (Å²) in [7, 11) is 0. The smallest absolute Gasteiger partial charge is 0.180 e. The molecule has 0 saturated carbocycles. The third-order valence-corrected chi connectivity index (χ3v) is 4.30. The first-order valence-electron chi connectivity index (χ1n) is 6.07. The van der Waals surface area contributed by atoms with Gasteiger partial charge >= 0.3 is 0 Å². The molecule has 2 heterocycles. The van der Waals surface area contributed by atoms with Gasteiger partial charge in [0.05, 0.1) is 4.88 Å². The summed E-state index contributed by atoms with van der Waals surface area (Å²) < 4.78 is 0. The van der Waals surface area contributed by atoms with Gasteiger partial charge in [0.2, 0.25) is 0 Å². The molecule has 0 aliphatic carbocycles. The molecule has 1 atom stereocenters. The summed E-state index contributed by atoms with van der Waals surface area (Å²) in [5, 5.41) is 5.38. The Labute approximate surface area is 101 Å². The van der Waals surface area contributed by atoms with Crippen molar-refractivity contribution in [3.05, 3.63) is 22.4 Å². The van der Waals surface area contributed by atoms with Gasteiger partial charge in [0, 0.05) is 12.0 Å². The average molecular weight is 237 g/mol. The fourth-order valence-corrected chi connectivity index (χ4v) is 3.42. The Bertz CT molecular complexity index is 333. The van der Waals surface area contributed by atoms with Crippen LogP contribution in [0.3, 0.4) is 0 Å². The van der Waals surface area contributed by atoms with Crippen molar-refractivity contribution in [3.63, 3.8) is 0 Å². The number of hydrogen-bond donors (Lipinski definition) is 1. The molecule has 0 bridgehead atoms. The van der Waals surface area contributed by atoms with Crippen LogP contribution in [0, 0.1) is 5.41 Å². The maximum absolute atomic E-state index is 12.5. The molecule has 0 aromatic carbocycles. The van der Waals surface area contributed by atoms with E-state index in [2.05, 4.69) is 12.2 Å². The highest BCUT2D eigenvalue weighted by atomic mass is 32.1. The van der Waals surface area contributed by atoms with Gasteiger partial charge in [-0.1, -0.05) is 19.4 Å². The number of piperidine rings is 1. The topological polar surface area (TPSA) is 29.1 Å². The number of Topliss-reactive ketones (excluding diaryl/α,β-unsaturated/α-hetero) is 1. The average Bonchev–Trinajstić information content (AvgIpc) is 2.83. The monoisotopic (exact) mass is 237 g/mol. The molecule has 0 radical (unpaired) electrons. The van der Waals surface area contributed by atoms with E-state index in [0.717, 1.165) is 43.6 Å². The molecule has 2 nitrogen and oxygen atoms in total. The van der Waals surface area contributed by atoms with E-state index < -0.39 is 0 Å². The summed E-state index contributed by atoms with van der Waals surface area (Å²) >= 11 is 1.57. The van der Waals surface area contributed by atoms with Crippen LogP contribution in [0.5, 0.6) is 0 Å². The van der Waals surface area contributed by atoms with Crippen LogP contribution < -0.4 is 5.32 Å². The lowest BCUT2D eigenvalue weighted by Gasteiger charge is -2.35. The molecule has 0 amide bonds. The molecule has 2 rings (SSSR count). The number of thiophene rings is 1. The van der Waals surface area contributed by atoms with Gasteiger partial charge in [-0.05, 0) is 37.3 Å². The molecule has 1 aromatic rings. The second-order valence-electron chi connectivity index (χ2n) is 4.62. The molecule has 3 heteroatoms. The zero-order valence-electron chi connectivity index (χ0n) is 9.79. The fourth-order valence-electron chi connectivity index (χ4n) is 2.64. The summed E-state index contributed by atoms with van der Waals surface area (Å²) in [5.74, 6) is 0.358. The van der Waals surface area contributed by atoms with Gasteiger partial charge in [0.15, 0.2) is 5.78 Å². The summed E-state index contributed by atoms with van der Waals surface area (Å²) in [4.78, 5) is 13.5. The van der Waals surface area contributed by atoms with Crippen molar-refractivity contribution >= 4 is 17.1 Å². The molecule has 1 aliphatic rings. The van der Waals surface area contributed by atoms with Crippen LogP contribution in [0.25, 0.3) is 0 Å². The molecule has 0 spiro atoms. The number of carbonyl (C=O) groups excluding carboxylic acids is 1. The highest BCUT2D eigenvalue weighted by Crippen LogP contribution is 2.36. The molecular weight excluding hydrogens is 218 g/mol. The van der Waals surface area contributed by atoms with E-state index in [0.29, 0.717) is 5.78 Å². The van der Waals surface area contributed by atoms with Gasteiger partial charge in [-0.15, -0.1) is 11.3 Å². The highest BCUT2D eigenvalue weighted by molar-refractivity contribution is 7.12. The van der Waals surface area contributed by atoms with Gasteiger partial charge in [-0.3, -0.25) is 4.79 Å². The first kappa shape index (κ1) is 11.8. The summed E-state index contributed by atoms with van der Waals surface area (Å²) in [5.41, 5.74) is -0.127. The van der Waals surface area contributed by atoms with Crippen LogP contribution in [-0.2, 0) is 0 Å². The molecule has 1 N–H and O–H groups in total. The Kier molecular flexibility index (Phi) is 3.77. The third kappa shape index (κ3) is 2.20. The second-order valence-corrected chi connectivity index (χ2v) is 5.56. The molecule has 1 aliphatic heterocycles. The normalized spacial score (nSPS) is 25.6. The standard InChI is InChI=1S/C13H19NOS/c1-2-6-13(7-4-8-14-10-13)12(15)11-5-3-9-16-11/h3,5,9,14H,2,4,6-8,10H2,1H3. The van der Waals surface area contributed by atoms with Gasteiger partial charge in [0.25, 0.3) is 0 Å². The zero-order valence-corrected chi connectivity index (χ0v) is 10.6. The van der Waals surface area contributed by atoms with Crippen molar-refractivity contribution in [2.45, 2.75) is 32.6 Å². The number of hydrogen-bond acceptors (Lipinski definition) is 3. The SMILES string of the molecule is CCCC1(C(=O)c2cccs2)CCCNC1. The predicted octanol–water partition coefficient (Wildman–Crippen LogP) is 3.10. The Morgan fingerprint density at radius 1 is 1.62 bits per heavy atom. The summed E-state index contributed by atoms with van der Waals surface area (Å²) in [6.45, 7) is 4.08. The maximum atomic E-state index is 12.5. The minimum absolute atomic E-state index is 0.127. The Balaban J connectivity index is 2.21. The quantitative estimate of drug-likeness (QED) is 0.815. The lowest BCUT2D eigenvalue weighted by Crippen LogP contribution is -2.45. The Hall–Kier alpha value is -0.670. The van der Waals surface area contributed by atoms with Crippen molar-refractivity contribution in [1.82, 2.24) is 5.32 Å². The minimum Gasteiger partial charge on any atom is -0.316 e. The van der Waals surface area contributed by atoms with E-state index in [1.165, 1.54) is 0 Å². The molecule has 1 aromatic heterocycles. The van der Waals surface area contributed by atoms with E-state index in [4.69, 9.17) is 0 Å². The predicted molar refractivity (Wildman–Crippen MR) is 68.1 cm³/mol. The number of rotatable bonds is 4. The van der Waals surface area contributed by atoms with E-state index >= 15 is 0 Å². The van der Waals surface area contributed by atoms with Gasteiger partial charge < -0.3 is 5.32 Å². The summed E-state index contributed by atoms with van der Waals surface area (Å²) in [6, 6.07) is 3.92. The molecule has 16 heavy (non-hydrogen) atoms. The van der Waals surface area contributed by atoms with E-state index in [9.17, 15) is 4.79 Å². The van der Waals surface area contributed by atoms with Gasteiger partial charge in [-0.25, -0.2) is 0 Å². The minimum atomic E-state index is -0.127. The number of carbonyl (C=O) groups is 1. The van der Waals surface area contributed by atoms with Gasteiger partial charge in [-0.2, -0.15) is 0 Å². The number of nitrogens with one attached hydrogen (secondary N) is 1. The van der Waals surface area contributed by atoms with Crippen LogP contribution in [0.1, 0.15) is 42.3 Å². The molecular formula is C13H19NOS. The van der Waals surface area contributed by atoms with Crippen molar-refractivity contribution in [2.24, 2.45) is 5.41 Å². The molecule has 88 valence electrons. The molecule has 1 unspecified atom stereocenters. The first-order chi connectivity index (χ1) is 7.78. The van der Waals surface area contributed by atoms with Crippen LogP contribution in [0.4, 0.5) is 0 Å². The van der Waals surface area contributed by atoms with Crippen LogP contribution >= 0.6 is 11.3 Å². The van der Waals surface area contributed by atoms with E-state index in [-0.39, 0.29) is 5.41 Å². The van der Waals surface area contributed by atoms with Gasteiger partial charge in [0.1, 0.15) is 0 Å². The summed E-state index contributed by atoms with van der Waals surface area (Å²) in [6.07, 6.45) is 4.26. The third-order valence-electron chi connectivity index (χ3n) is 3.43. The Morgan fingerprint density at radius 2 is 2.50 bits per heavy atom. The highest BCUT2D eigenvalue weighted by Gasteiger charge is 2.39. The van der Waals surface area contributed by atoms with E-state index in [1.807, 2.05) is 17.5 Å². The lowest BCUT2D eigenvalue weighted by atomic mass is 9.73. The van der Waals surface area contributed by atoms with E-state index in [1.54, 1.807) is 11.3 Å². The number of ketones is 1. The second kappa shape index (κ2) is 5.11. The van der Waals surface area contributed by atoms with Crippen LogP contribution in [-0.4, -0.2) is 18.9 Å². The van der Waals surface area contributed by atoms with Crippen LogP contribution in [0.15, 0.2) is 17.5 Å². The zero-order chi connectivity index (χ0) is 11.4. The maximum Gasteiger partial charge on any atom is 0.180 e. The molecule has 1 fully saturated rings.